The summed E-state index contributed by atoms with van der Waals surface area (Å²) in [7, 11) is 2.34. The second-order valence-corrected chi connectivity index (χ2v) is 8.45. The fourth-order valence-electron chi connectivity index (χ4n) is 4.48. The highest BCUT2D eigenvalue weighted by Gasteiger charge is 2.30. The van der Waals surface area contributed by atoms with Crippen molar-refractivity contribution in [1.29, 1.82) is 0 Å². The average Bonchev–Trinajstić information content (AvgIpc) is 3.15. The highest BCUT2D eigenvalue weighted by atomic mass is 16.4. The second kappa shape index (κ2) is 7.50. The Hall–Kier alpha value is -3.31. The first-order valence-electron chi connectivity index (χ1n) is 10.4. The van der Waals surface area contributed by atoms with Crippen molar-refractivity contribution < 1.29 is 8.90 Å². The maximum absolute atomic E-state index is 11.6. The zero-order valence-electron chi connectivity index (χ0n) is 17.2. The van der Waals surface area contributed by atoms with E-state index in [1.165, 1.54) is 16.7 Å². The van der Waals surface area contributed by atoms with Crippen molar-refractivity contribution in [2.45, 2.75) is 6.54 Å². The molecule has 1 aromatic heterocycles. The fourth-order valence-corrected chi connectivity index (χ4v) is 4.48. The number of fused-ring (bicyclic) bond motifs is 1. The van der Waals surface area contributed by atoms with Gasteiger partial charge in [-0.2, -0.15) is 0 Å². The summed E-state index contributed by atoms with van der Waals surface area (Å²) in [4.78, 5) is 16.7. The van der Waals surface area contributed by atoms with E-state index in [-0.39, 0.29) is 0 Å². The molecule has 0 unspecified atom stereocenters. The van der Waals surface area contributed by atoms with Gasteiger partial charge in [0.15, 0.2) is 5.58 Å². The van der Waals surface area contributed by atoms with Crippen LogP contribution in [0.4, 0.5) is 5.69 Å². The van der Waals surface area contributed by atoms with Crippen molar-refractivity contribution in [3.8, 4) is 11.1 Å². The Kier molecular flexibility index (Phi) is 4.68. The molecule has 2 heterocycles. The molecule has 3 aromatic carbocycles. The minimum atomic E-state index is -0.395. The number of quaternary nitrogens is 1. The number of H-pyrrole nitrogens is 1. The molecule has 1 N–H and O–H groups in total. The van der Waals surface area contributed by atoms with E-state index in [9.17, 15) is 4.79 Å². The predicted molar refractivity (Wildman–Crippen MR) is 121 cm³/mol. The molecule has 0 amide bonds. The number of aromatic nitrogens is 1. The lowest BCUT2D eigenvalue weighted by Gasteiger charge is -2.42. The van der Waals surface area contributed by atoms with Crippen molar-refractivity contribution in [2.75, 3.05) is 38.1 Å². The predicted octanol–water partition coefficient (Wildman–Crippen LogP) is 4.25. The number of anilines is 1. The molecule has 1 aliphatic rings. The van der Waals surface area contributed by atoms with Gasteiger partial charge in [-0.25, -0.2) is 4.79 Å². The van der Waals surface area contributed by atoms with Gasteiger partial charge in [-0.05, 0) is 29.3 Å². The quantitative estimate of drug-likeness (QED) is 0.521. The molecule has 5 rings (SSSR count). The van der Waals surface area contributed by atoms with E-state index in [2.05, 4.69) is 71.5 Å². The van der Waals surface area contributed by atoms with Crippen LogP contribution in [0.15, 0.2) is 82.0 Å². The van der Waals surface area contributed by atoms with Gasteiger partial charge >= 0.3 is 5.76 Å². The van der Waals surface area contributed by atoms with Crippen LogP contribution in [0.1, 0.15) is 5.56 Å². The van der Waals surface area contributed by atoms with Crippen molar-refractivity contribution in [2.24, 2.45) is 0 Å². The first kappa shape index (κ1) is 18.7. The number of nitrogens with zero attached hydrogens (tertiary/aromatic N) is 2. The van der Waals surface area contributed by atoms with Gasteiger partial charge < -0.3 is 13.8 Å². The topological polar surface area (TPSA) is 49.2 Å². The zero-order chi connectivity index (χ0) is 20.6. The summed E-state index contributed by atoms with van der Waals surface area (Å²) in [6, 6.07) is 25.3. The van der Waals surface area contributed by atoms with E-state index in [0.717, 1.165) is 48.4 Å². The number of piperazine rings is 1. The number of rotatable bonds is 4. The molecule has 152 valence electrons. The largest absolute Gasteiger partial charge is 0.417 e. The lowest BCUT2D eigenvalue weighted by Crippen LogP contribution is -2.56. The van der Waals surface area contributed by atoms with Crippen molar-refractivity contribution >= 4 is 16.8 Å². The molecular weight excluding hydrogens is 374 g/mol. The number of nitrogens with one attached hydrogen (secondary N) is 1. The smallest absolute Gasteiger partial charge is 0.406 e. The standard InChI is InChI=1S/C25H25N3O2/c1-28(18-19-7-5-10-21(17-19)20-8-3-2-4-9-20)15-13-27(14-16-28)23-12-6-11-22-24(23)30-25(29)26-22/h2-12,17H,13-16,18H2,1H3/p+1. The highest BCUT2D eigenvalue weighted by molar-refractivity contribution is 5.86. The summed E-state index contributed by atoms with van der Waals surface area (Å²) < 4.78 is 6.40. The van der Waals surface area contributed by atoms with Crippen LogP contribution in [0.5, 0.6) is 0 Å². The lowest BCUT2D eigenvalue weighted by atomic mass is 10.0. The summed E-state index contributed by atoms with van der Waals surface area (Å²) >= 11 is 0. The van der Waals surface area contributed by atoms with E-state index in [1.807, 2.05) is 18.2 Å². The fraction of sp³-hybridized carbons (Fsp3) is 0.240. The van der Waals surface area contributed by atoms with Gasteiger partial charge in [0.2, 0.25) is 0 Å². The van der Waals surface area contributed by atoms with E-state index >= 15 is 0 Å². The van der Waals surface area contributed by atoms with Crippen LogP contribution in [0, 0.1) is 0 Å². The molecule has 0 radical (unpaired) electrons. The van der Waals surface area contributed by atoms with Gasteiger partial charge in [0.25, 0.3) is 0 Å². The van der Waals surface area contributed by atoms with Gasteiger partial charge in [0, 0.05) is 5.56 Å². The first-order valence-corrected chi connectivity index (χ1v) is 10.4. The Morgan fingerprint density at radius 1 is 0.933 bits per heavy atom. The summed E-state index contributed by atoms with van der Waals surface area (Å²) in [6.45, 7) is 4.96. The first-order chi connectivity index (χ1) is 14.6. The summed E-state index contributed by atoms with van der Waals surface area (Å²) in [5.41, 5.74) is 6.32. The molecule has 5 nitrogen and oxygen atoms in total. The molecule has 5 heteroatoms. The highest BCUT2D eigenvalue weighted by Crippen LogP contribution is 2.28. The molecule has 4 aromatic rings. The Morgan fingerprint density at radius 3 is 2.47 bits per heavy atom. The van der Waals surface area contributed by atoms with Crippen LogP contribution >= 0.6 is 0 Å². The Morgan fingerprint density at radius 2 is 1.67 bits per heavy atom. The zero-order valence-corrected chi connectivity index (χ0v) is 17.2. The van der Waals surface area contributed by atoms with E-state index in [1.54, 1.807) is 0 Å². The molecule has 1 aliphatic heterocycles. The monoisotopic (exact) mass is 400 g/mol. The minimum Gasteiger partial charge on any atom is -0.406 e. The Labute approximate surface area is 175 Å². The minimum absolute atomic E-state index is 0.395. The molecule has 30 heavy (non-hydrogen) atoms. The average molecular weight is 401 g/mol. The van der Waals surface area contributed by atoms with Crippen LogP contribution in [0.3, 0.4) is 0 Å². The van der Waals surface area contributed by atoms with E-state index in [4.69, 9.17) is 4.42 Å². The molecule has 0 saturated carbocycles. The number of hydrogen-bond acceptors (Lipinski definition) is 3. The Balaban J connectivity index is 1.32. The molecule has 0 bridgehead atoms. The number of oxazole rings is 1. The molecule has 1 fully saturated rings. The normalized spacial score (nSPS) is 16.1. The van der Waals surface area contributed by atoms with Crippen LogP contribution in [0.2, 0.25) is 0 Å². The van der Waals surface area contributed by atoms with Crippen LogP contribution in [0.25, 0.3) is 22.2 Å². The second-order valence-electron chi connectivity index (χ2n) is 8.45. The van der Waals surface area contributed by atoms with Gasteiger partial charge in [-0.1, -0.05) is 54.6 Å². The molecule has 0 spiro atoms. The van der Waals surface area contributed by atoms with Gasteiger partial charge in [-0.3, -0.25) is 4.98 Å². The number of hydrogen-bond donors (Lipinski definition) is 1. The summed E-state index contributed by atoms with van der Waals surface area (Å²) in [6.07, 6.45) is 0. The van der Waals surface area contributed by atoms with Crippen LogP contribution in [-0.4, -0.2) is 42.7 Å². The summed E-state index contributed by atoms with van der Waals surface area (Å²) in [5.74, 6) is -0.395. The van der Waals surface area contributed by atoms with E-state index < -0.39 is 5.76 Å². The van der Waals surface area contributed by atoms with Crippen molar-refractivity contribution in [3.63, 3.8) is 0 Å². The number of benzene rings is 3. The van der Waals surface area contributed by atoms with E-state index in [0.29, 0.717) is 5.58 Å². The van der Waals surface area contributed by atoms with Gasteiger partial charge in [-0.15, -0.1) is 0 Å². The van der Waals surface area contributed by atoms with Crippen LogP contribution in [-0.2, 0) is 6.54 Å². The number of likely N-dealkylation sites (N-methyl/N-ethyl adjacent to an activating group) is 1. The molecule has 0 atom stereocenters. The third-order valence-corrected chi connectivity index (χ3v) is 6.18. The third-order valence-electron chi connectivity index (χ3n) is 6.18. The molecular formula is C25H26N3O2+. The number of aromatic amines is 1. The Bertz CT molecular complexity index is 1220. The van der Waals surface area contributed by atoms with Crippen molar-refractivity contribution in [1.82, 2.24) is 4.98 Å². The van der Waals surface area contributed by atoms with Gasteiger partial charge in [0.05, 0.1) is 44.4 Å². The van der Waals surface area contributed by atoms with Crippen molar-refractivity contribution in [3.05, 3.63) is 88.9 Å². The van der Waals surface area contributed by atoms with Crippen LogP contribution < -0.4 is 10.7 Å². The maximum Gasteiger partial charge on any atom is 0.417 e. The SMILES string of the molecule is C[N+]1(Cc2cccc(-c3ccccc3)c2)CCN(c2cccc3[nH]c(=O)oc23)CC1. The summed E-state index contributed by atoms with van der Waals surface area (Å²) in [5, 5.41) is 0. The van der Waals surface area contributed by atoms with Gasteiger partial charge in [0.1, 0.15) is 6.54 Å². The molecule has 0 aliphatic carbocycles. The third kappa shape index (κ3) is 3.64. The molecule has 1 saturated heterocycles. The number of para-hydroxylation sites is 1. The maximum atomic E-state index is 11.6. The lowest BCUT2D eigenvalue weighted by molar-refractivity contribution is -0.923.